The van der Waals surface area contributed by atoms with Crippen LogP contribution in [-0.4, -0.2) is 37.9 Å². The highest BCUT2D eigenvalue weighted by molar-refractivity contribution is 7.80. The lowest BCUT2D eigenvalue weighted by Gasteiger charge is -2.14. The van der Waals surface area contributed by atoms with E-state index in [0.717, 1.165) is 7.11 Å². The number of anilines is 1. The van der Waals surface area contributed by atoms with Crippen LogP contribution >= 0.6 is 23.6 Å². The zero-order chi connectivity index (χ0) is 23.9. The molecule has 4 aromatic rings. The quantitative estimate of drug-likeness (QED) is 0.252. The fourth-order valence-electron chi connectivity index (χ4n) is 2.91. The Morgan fingerprint density at radius 3 is 2.39 bits per heavy atom. The van der Waals surface area contributed by atoms with Crippen molar-refractivity contribution in [2.24, 2.45) is 0 Å². The van der Waals surface area contributed by atoms with E-state index in [1.807, 2.05) is 5.32 Å². The van der Waals surface area contributed by atoms with Gasteiger partial charge in [-0.25, -0.2) is 8.78 Å². The van der Waals surface area contributed by atoms with Gasteiger partial charge in [0.15, 0.2) is 28.3 Å². The Morgan fingerprint density at radius 2 is 1.76 bits per heavy atom. The van der Waals surface area contributed by atoms with Crippen LogP contribution in [0.1, 0.15) is 16.2 Å². The fraction of sp³-hybridized carbons (Fsp3) is 0.105. The van der Waals surface area contributed by atoms with Crippen molar-refractivity contribution in [1.29, 1.82) is 0 Å². The van der Waals surface area contributed by atoms with Crippen molar-refractivity contribution in [1.82, 2.24) is 25.1 Å². The van der Waals surface area contributed by atoms with E-state index in [-0.39, 0.29) is 5.11 Å². The number of aromatic nitrogens is 4. The SMILES string of the molecule is COc1c(F)c(F)c(C(=O)NC(=S)Nc2ccccc2-c2nn3c(C)nnc3s2)c(F)c1F. The monoisotopic (exact) mass is 496 g/mol. The van der Waals surface area contributed by atoms with Crippen LogP contribution in [0.2, 0.25) is 0 Å². The van der Waals surface area contributed by atoms with Gasteiger partial charge >= 0.3 is 0 Å². The molecule has 0 unspecified atom stereocenters. The van der Waals surface area contributed by atoms with Gasteiger partial charge in [0.1, 0.15) is 10.6 Å². The van der Waals surface area contributed by atoms with Crippen LogP contribution in [0.4, 0.5) is 23.2 Å². The lowest BCUT2D eigenvalue weighted by atomic mass is 10.1. The van der Waals surface area contributed by atoms with Gasteiger partial charge in [-0.1, -0.05) is 23.5 Å². The molecule has 0 bridgehead atoms. The Bertz CT molecular complexity index is 1390. The molecule has 0 saturated carbocycles. The van der Waals surface area contributed by atoms with Gasteiger partial charge in [0, 0.05) is 5.56 Å². The van der Waals surface area contributed by atoms with Crippen LogP contribution in [0.5, 0.6) is 5.75 Å². The summed E-state index contributed by atoms with van der Waals surface area (Å²) in [6, 6.07) is 6.76. The highest BCUT2D eigenvalue weighted by Gasteiger charge is 2.30. The molecule has 2 aromatic heterocycles. The van der Waals surface area contributed by atoms with Crippen LogP contribution < -0.4 is 15.4 Å². The first-order valence-corrected chi connectivity index (χ1v) is 10.3. The molecule has 14 heteroatoms. The minimum absolute atomic E-state index is 0.373. The number of nitrogens with one attached hydrogen (secondary N) is 2. The third-order valence-electron chi connectivity index (χ3n) is 4.43. The molecule has 1 amide bonds. The summed E-state index contributed by atoms with van der Waals surface area (Å²) in [5.74, 6) is -9.70. The molecule has 2 heterocycles. The van der Waals surface area contributed by atoms with Gasteiger partial charge in [0.05, 0.1) is 12.8 Å². The number of fused-ring (bicyclic) bond motifs is 1. The molecule has 33 heavy (non-hydrogen) atoms. The summed E-state index contributed by atoms with van der Waals surface area (Å²) in [5, 5.41) is 17.2. The largest absolute Gasteiger partial charge is 0.491 e. The molecule has 0 atom stereocenters. The number of amides is 1. The number of carbonyl (C=O) groups excluding carboxylic acids is 1. The number of nitrogens with zero attached hydrogens (tertiary/aromatic N) is 4. The summed E-state index contributed by atoms with van der Waals surface area (Å²) in [6.45, 7) is 1.74. The number of methoxy groups -OCH3 is 1. The van der Waals surface area contributed by atoms with E-state index in [2.05, 4.69) is 25.3 Å². The number of hydrogen-bond acceptors (Lipinski definition) is 7. The summed E-state index contributed by atoms with van der Waals surface area (Å²) >= 11 is 6.29. The second-order valence-corrected chi connectivity index (χ2v) is 7.83. The maximum atomic E-state index is 14.2. The summed E-state index contributed by atoms with van der Waals surface area (Å²) in [5.41, 5.74) is -0.492. The van der Waals surface area contributed by atoms with Crippen molar-refractivity contribution in [2.45, 2.75) is 6.92 Å². The standard InChI is InChI=1S/C19H12F4N6O2S2/c1-7-26-27-19-29(7)28-17(33-19)8-5-3-4-6-9(8)24-18(32)25-16(30)10-11(20)13(22)15(31-2)14(23)12(10)21/h3-6H,1-2H3,(H2,24,25,30,32). The lowest BCUT2D eigenvalue weighted by Crippen LogP contribution is -2.35. The average molecular weight is 496 g/mol. The summed E-state index contributed by atoms with van der Waals surface area (Å²) < 4.78 is 62.1. The summed E-state index contributed by atoms with van der Waals surface area (Å²) in [4.78, 5) is 12.9. The smallest absolute Gasteiger partial charge is 0.263 e. The van der Waals surface area contributed by atoms with Gasteiger partial charge in [-0.05, 0) is 31.3 Å². The van der Waals surface area contributed by atoms with Crippen molar-refractivity contribution in [3.05, 3.63) is 58.9 Å². The lowest BCUT2D eigenvalue weighted by molar-refractivity contribution is 0.0966. The Kier molecular flexibility index (Phi) is 5.95. The predicted octanol–water partition coefficient (Wildman–Crippen LogP) is 3.85. The van der Waals surface area contributed by atoms with Crippen molar-refractivity contribution < 1.29 is 27.1 Å². The minimum Gasteiger partial charge on any atom is -0.491 e. The normalized spacial score (nSPS) is 11.0. The molecule has 2 N–H and O–H groups in total. The number of rotatable bonds is 4. The van der Waals surface area contributed by atoms with E-state index in [1.54, 1.807) is 35.7 Å². The first-order chi connectivity index (χ1) is 15.7. The van der Waals surface area contributed by atoms with Crippen molar-refractivity contribution >= 4 is 45.2 Å². The molecule has 0 fully saturated rings. The zero-order valence-electron chi connectivity index (χ0n) is 16.7. The van der Waals surface area contributed by atoms with Crippen LogP contribution in [0.25, 0.3) is 15.5 Å². The van der Waals surface area contributed by atoms with Gasteiger partial charge in [0.25, 0.3) is 5.91 Å². The fourth-order valence-corrected chi connectivity index (χ4v) is 4.04. The van der Waals surface area contributed by atoms with E-state index in [4.69, 9.17) is 12.2 Å². The molecule has 0 aliphatic heterocycles. The van der Waals surface area contributed by atoms with E-state index in [0.29, 0.717) is 27.0 Å². The average Bonchev–Trinajstić information content (AvgIpc) is 3.35. The third-order valence-corrected chi connectivity index (χ3v) is 5.57. The van der Waals surface area contributed by atoms with Gasteiger partial charge in [-0.2, -0.15) is 18.4 Å². The first-order valence-electron chi connectivity index (χ1n) is 9.03. The second-order valence-electron chi connectivity index (χ2n) is 6.47. The van der Waals surface area contributed by atoms with Gasteiger partial charge in [0.2, 0.25) is 16.6 Å². The summed E-state index contributed by atoms with van der Waals surface area (Å²) in [6.07, 6.45) is 0. The molecule has 0 saturated heterocycles. The molecular formula is C19H12F4N6O2S2. The molecule has 0 aliphatic carbocycles. The van der Waals surface area contributed by atoms with Gasteiger partial charge in [-0.3, -0.25) is 10.1 Å². The Labute approximate surface area is 192 Å². The maximum Gasteiger partial charge on any atom is 0.263 e. The first kappa shape index (κ1) is 22.5. The zero-order valence-corrected chi connectivity index (χ0v) is 18.4. The van der Waals surface area contributed by atoms with Crippen molar-refractivity contribution in [3.8, 4) is 16.3 Å². The number of hydrogen-bond donors (Lipinski definition) is 2. The summed E-state index contributed by atoms with van der Waals surface area (Å²) in [7, 11) is 0.828. The highest BCUT2D eigenvalue weighted by Crippen LogP contribution is 2.32. The van der Waals surface area contributed by atoms with Gasteiger partial charge < -0.3 is 10.1 Å². The van der Waals surface area contributed by atoms with Crippen LogP contribution in [0.3, 0.4) is 0 Å². The van der Waals surface area contributed by atoms with E-state index >= 15 is 0 Å². The molecule has 2 aromatic carbocycles. The number of thiocarbonyl (C=S) groups is 1. The van der Waals surface area contributed by atoms with Crippen LogP contribution in [0.15, 0.2) is 24.3 Å². The number of carbonyl (C=O) groups is 1. The van der Waals surface area contributed by atoms with Gasteiger partial charge in [-0.15, -0.1) is 10.2 Å². The topological polar surface area (TPSA) is 93.4 Å². The number of benzene rings is 2. The third kappa shape index (κ3) is 3.98. The van der Waals surface area contributed by atoms with Crippen molar-refractivity contribution in [3.63, 3.8) is 0 Å². The van der Waals surface area contributed by atoms with E-state index in [9.17, 15) is 22.4 Å². The molecular weight excluding hydrogens is 484 g/mol. The number of halogens is 4. The molecule has 0 aliphatic rings. The molecule has 0 spiro atoms. The molecule has 0 radical (unpaired) electrons. The Balaban J connectivity index is 1.59. The minimum atomic E-state index is -1.92. The molecule has 170 valence electrons. The predicted molar refractivity (Wildman–Crippen MR) is 115 cm³/mol. The van der Waals surface area contributed by atoms with E-state index < -0.39 is 40.5 Å². The number of para-hydroxylation sites is 1. The maximum absolute atomic E-state index is 14.2. The second kappa shape index (κ2) is 8.71. The highest BCUT2D eigenvalue weighted by atomic mass is 32.1. The Morgan fingerprint density at radius 1 is 1.09 bits per heavy atom. The molecule has 4 rings (SSSR count). The number of aryl methyl sites for hydroxylation is 1. The van der Waals surface area contributed by atoms with Crippen molar-refractivity contribution in [2.75, 3.05) is 12.4 Å². The molecule has 8 nitrogen and oxygen atoms in total. The van der Waals surface area contributed by atoms with E-state index in [1.165, 1.54) is 11.3 Å². The van der Waals surface area contributed by atoms with Crippen LogP contribution in [-0.2, 0) is 0 Å². The van der Waals surface area contributed by atoms with Crippen LogP contribution in [0, 0.1) is 30.2 Å². The number of ether oxygens (including phenoxy) is 1. The Hall–Kier alpha value is -3.65.